The molecule has 3 N–H and O–H groups in total. The number of imidazole rings is 1. The molecule has 6 nitrogen and oxygen atoms in total. The Hall–Kier alpha value is -2.31. The molecule has 112 valence electrons. The molecule has 8 heteroatoms. The number of carbonyl (C=O) groups is 1. The van der Waals surface area contributed by atoms with E-state index in [1.807, 2.05) is 0 Å². The van der Waals surface area contributed by atoms with Crippen molar-refractivity contribution in [2.45, 2.75) is 0 Å². The lowest BCUT2D eigenvalue weighted by atomic mass is 10.1. The maximum Gasteiger partial charge on any atom is 0.250 e. The number of amides is 1. The number of methoxy groups -OCH3 is 1. The number of primary amides is 1. The summed E-state index contributed by atoms with van der Waals surface area (Å²) in [6.45, 7) is 0. The van der Waals surface area contributed by atoms with Gasteiger partial charge in [-0.05, 0) is 12.1 Å². The minimum atomic E-state index is -0.586. The fraction of sp³-hybridized carbons (Fsp3) is 0.0714. The van der Waals surface area contributed by atoms with Gasteiger partial charge in [0.15, 0.2) is 0 Å². The second kappa shape index (κ2) is 5.47. The molecule has 0 fully saturated rings. The Labute approximate surface area is 135 Å². The van der Waals surface area contributed by atoms with Gasteiger partial charge in [-0.1, -0.05) is 23.2 Å². The van der Waals surface area contributed by atoms with Gasteiger partial charge < -0.3 is 15.5 Å². The molecule has 0 radical (unpaired) electrons. The molecular weight excluding hydrogens is 327 g/mol. The summed E-state index contributed by atoms with van der Waals surface area (Å²) >= 11 is 12.3. The first-order chi connectivity index (χ1) is 10.5. The van der Waals surface area contributed by atoms with Crippen LogP contribution in [-0.2, 0) is 0 Å². The zero-order valence-corrected chi connectivity index (χ0v) is 12.9. The van der Waals surface area contributed by atoms with Crippen molar-refractivity contribution < 1.29 is 9.53 Å². The Kier molecular flexibility index (Phi) is 3.64. The number of fused-ring (bicyclic) bond motifs is 1. The van der Waals surface area contributed by atoms with Crippen LogP contribution in [0.1, 0.15) is 10.4 Å². The fourth-order valence-corrected chi connectivity index (χ4v) is 2.74. The zero-order valence-electron chi connectivity index (χ0n) is 11.4. The third-order valence-corrected chi connectivity index (χ3v) is 3.76. The van der Waals surface area contributed by atoms with E-state index < -0.39 is 5.91 Å². The van der Waals surface area contributed by atoms with Crippen molar-refractivity contribution in [2.75, 3.05) is 7.11 Å². The second-order valence-corrected chi connectivity index (χ2v) is 5.28. The Bertz CT molecular complexity index is 872. The third-order valence-electron chi connectivity index (χ3n) is 3.18. The number of aromatic nitrogens is 3. The van der Waals surface area contributed by atoms with Gasteiger partial charge in [0.05, 0.1) is 28.3 Å². The average molecular weight is 337 g/mol. The number of carbonyl (C=O) groups excluding carboxylic acids is 1. The molecule has 0 saturated carbocycles. The van der Waals surface area contributed by atoms with Crippen molar-refractivity contribution in [3.05, 3.63) is 40.1 Å². The molecule has 3 rings (SSSR count). The summed E-state index contributed by atoms with van der Waals surface area (Å²) in [7, 11) is 1.52. The number of halogens is 2. The Morgan fingerprint density at radius 1 is 1.27 bits per heavy atom. The van der Waals surface area contributed by atoms with E-state index in [-0.39, 0.29) is 5.56 Å². The lowest BCUT2D eigenvalue weighted by Crippen LogP contribution is -2.11. The van der Waals surface area contributed by atoms with Crippen LogP contribution in [0.3, 0.4) is 0 Å². The average Bonchev–Trinajstić information content (AvgIpc) is 2.90. The maximum absolute atomic E-state index is 11.6. The summed E-state index contributed by atoms with van der Waals surface area (Å²) in [5.41, 5.74) is 7.09. The topological polar surface area (TPSA) is 93.9 Å². The van der Waals surface area contributed by atoms with Crippen molar-refractivity contribution in [1.29, 1.82) is 0 Å². The highest BCUT2D eigenvalue weighted by Crippen LogP contribution is 2.35. The van der Waals surface area contributed by atoms with E-state index in [0.29, 0.717) is 38.2 Å². The van der Waals surface area contributed by atoms with Gasteiger partial charge >= 0.3 is 0 Å². The summed E-state index contributed by atoms with van der Waals surface area (Å²) in [5.74, 6) is 0.345. The standard InChI is InChI=1S/C14H10Cl2N4O2/c1-22-9-3-2-6(13(17)21)11-12(9)20-14(19-11)10-7(15)4-18-5-8(10)16/h2-5H,1H3,(H2,17,21)(H,19,20). The number of hydrogen-bond donors (Lipinski definition) is 2. The molecule has 2 heterocycles. The van der Waals surface area contributed by atoms with Gasteiger partial charge in [0.2, 0.25) is 0 Å². The molecule has 1 aromatic carbocycles. The molecular formula is C14H10Cl2N4O2. The Morgan fingerprint density at radius 3 is 2.55 bits per heavy atom. The quantitative estimate of drug-likeness (QED) is 0.768. The van der Waals surface area contributed by atoms with E-state index in [0.717, 1.165) is 0 Å². The molecule has 0 spiro atoms. The molecule has 2 aromatic heterocycles. The van der Waals surface area contributed by atoms with Crippen LogP contribution in [0.2, 0.25) is 10.0 Å². The van der Waals surface area contributed by atoms with E-state index in [2.05, 4.69) is 15.0 Å². The normalized spacial score (nSPS) is 10.9. The van der Waals surface area contributed by atoms with Gasteiger partial charge in [-0.3, -0.25) is 9.78 Å². The molecule has 0 unspecified atom stereocenters. The Balaban J connectivity index is 2.34. The van der Waals surface area contributed by atoms with E-state index >= 15 is 0 Å². The Morgan fingerprint density at radius 2 is 1.95 bits per heavy atom. The summed E-state index contributed by atoms with van der Waals surface area (Å²) in [4.78, 5) is 22.9. The first kappa shape index (κ1) is 14.6. The highest BCUT2D eigenvalue weighted by atomic mass is 35.5. The predicted molar refractivity (Wildman–Crippen MR) is 84.4 cm³/mol. The lowest BCUT2D eigenvalue weighted by molar-refractivity contribution is 0.100. The number of rotatable bonds is 3. The predicted octanol–water partition coefficient (Wildman–Crippen LogP) is 3.04. The number of hydrogen-bond acceptors (Lipinski definition) is 4. The van der Waals surface area contributed by atoms with E-state index in [1.54, 1.807) is 12.1 Å². The summed E-state index contributed by atoms with van der Waals surface area (Å²) in [6.07, 6.45) is 2.92. The molecule has 22 heavy (non-hydrogen) atoms. The number of pyridine rings is 1. The molecule has 0 aliphatic carbocycles. The summed E-state index contributed by atoms with van der Waals surface area (Å²) < 4.78 is 5.27. The molecule has 0 atom stereocenters. The van der Waals surface area contributed by atoms with Crippen LogP contribution in [-0.4, -0.2) is 28.0 Å². The van der Waals surface area contributed by atoms with Crippen molar-refractivity contribution in [3.63, 3.8) is 0 Å². The highest BCUT2D eigenvalue weighted by molar-refractivity contribution is 6.38. The van der Waals surface area contributed by atoms with E-state index in [1.165, 1.54) is 19.5 Å². The van der Waals surface area contributed by atoms with Crippen molar-refractivity contribution >= 4 is 40.1 Å². The third kappa shape index (κ3) is 2.26. The lowest BCUT2D eigenvalue weighted by Gasteiger charge is -2.03. The van der Waals surface area contributed by atoms with Gasteiger partial charge in [-0.15, -0.1) is 0 Å². The molecule has 3 aromatic rings. The first-order valence-electron chi connectivity index (χ1n) is 6.18. The second-order valence-electron chi connectivity index (χ2n) is 4.47. The van der Waals surface area contributed by atoms with Gasteiger partial charge in [-0.2, -0.15) is 0 Å². The minimum Gasteiger partial charge on any atom is -0.494 e. The van der Waals surface area contributed by atoms with Gasteiger partial charge in [0, 0.05) is 12.4 Å². The van der Waals surface area contributed by atoms with Crippen LogP contribution in [0, 0.1) is 0 Å². The molecule has 0 aliphatic rings. The number of H-pyrrole nitrogens is 1. The van der Waals surface area contributed by atoms with Crippen LogP contribution >= 0.6 is 23.2 Å². The van der Waals surface area contributed by atoms with Gasteiger partial charge in [0.25, 0.3) is 5.91 Å². The summed E-state index contributed by atoms with van der Waals surface area (Å²) in [5, 5.41) is 0.678. The smallest absolute Gasteiger partial charge is 0.250 e. The monoisotopic (exact) mass is 336 g/mol. The van der Waals surface area contributed by atoms with Crippen LogP contribution < -0.4 is 10.5 Å². The van der Waals surface area contributed by atoms with Gasteiger partial charge in [-0.25, -0.2) is 4.98 Å². The number of aromatic amines is 1. The van der Waals surface area contributed by atoms with Crippen molar-refractivity contribution in [1.82, 2.24) is 15.0 Å². The van der Waals surface area contributed by atoms with E-state index in [4.69, 9.17) is 33.7 Å². The number of nitrogens with one attached hydrogen (secondary N) is 1. The van der Waals surface area contributed by atoms with Crippen LogP contribution in [0.5, 0.6) is 5.75 Å². The molecule has 1 amide bonds. The maximum atomic E-state index is 11.6. The molecule has 0 bridgehead atoms. The summed E-state index contributed by atoms with van der Waals surface area (Å²) in [6, 6.07) is 3.20. The van der Waals surface area contributed by atoms with Crippen molar-refractivity contribution in [3.8, 4) is 17.1 Å². The first-order valence-corrected chi connectivity index (χ1v) is 6.94. The SMILES string of the molecule is COc1ccc(C(N)=O)c2nc(-c3c(Cl)cncc3Cl)[nH]c12. The highest BCUT2D eigenvalue weighted by Gasteiger charge is 2.19. The molecule has 0 aliphatic heterocycles. The number of nitrogens with two attached hydrogens (primary N) is 1. The van der Waals surface area contributed by atoms with Crippen LogP contribution in [0.15, 0.2) is 24.5 Å². The van der Waals surface area contributed by atoms with Crippen molar-refractivity contribution in [2.24, 2.45) is 5.73 Å². The minimum absolute atomic E-state index is 0.277. The number of nitrogens with zero attached hydrogens (tertiary/aromatic N) is 2. The number of benzene rings is 1. The fourth-order valence-electron chi connectivity index (χ4n) is 2.19. The zero-order chi connectivity index (χ0) is 15.9. The largest absolute Gasteiger partial charge is 0.494 e. The van der Waals surface area contributed by atoms with Crippen LogP contribution in [0.4, 0.5) is 0 Å². The number of ether oxygens (including phenoxy) is 1. The van der Waals surface area contributed by atoms with Gasteiger partial charge in [0.1, 0.15) is 22.6 Å². The van der Waals surface area contributed by atoms with E-state index in [9.17, 15) is 4.79 Å². The van der Waals surface area contributed by atoms with Crippen LogP contribution in [0.25, 0.3) is 22.4 Å². The molecule has 0 saturated heterocycles.